The number of rotatable bonds is 3. The lowest BCUT2D eigenvalue weighted by Gasteiger charge is -2.32. The number of carbonyl (C=O) groups excluding carboxylic acids is 2. The molecule has 0 atom stereocenters. The summed E-state index contributed by atoms with van der Waals surface area (Å²) < 4.78 is 1.56. The number of nitrogens with zero attached hydrogens (tertiary/aromatic N) is 2. The second kappa shape index (κ2) is 8.14. The lowest BCUT2D eigenvalue weighted by molar-refractivity contribution is 0.0699. The van der Waals surface area contributed by atoms with Gasteiger partial charge in [0.1, 0.15) is 0 Å². The van der Waals surface area contributed by atoms with E-state index in [2.05, 4.69) is 5.32 Å². The van der Waals surface area contributed by atoms with Crippen LogP contribution in [0.5, 0.6) is 0 Å². The number of aromatic nitrogens is 1. The van der Waals surface area contributed by atoms with Crippen LogP contribution in [0.4, 0.5) is 0 Å². The summed E-state index contributed by atoms with van der Waals surface area (Å²) in [6.07, 6.45) is 1.37. The van der Waals surface area contributed by atoms with Gasteiger partial charge in [0.05, 0.1) is 11.1 Å². The third-order valence-corrected chi connectivity index (χ3v) is 5.89. The summed E-state index contributed by atoms with van der Waals surface area (Å²) in [6.45, 7) is 3.01. The first kappa shape index (κ1) is 19.9. The predicted molar refractivity (Wildman–Crippen MR) is 117 cm³/mol. The number of benzene rings is 2. The quantitative estimate of drug-likeness (QED) is 0.731. The van der Waals surface area contributed by atoms with E-state index in [1.165, 1.54) is 6.07 Å². The number of piperidine rings is 1. The molecule has 1 aromatic heterocycles. The van der Waals surface area contributed by atoms with Crippen LogP contribution in [0.2, 0.25) is 0 Å². The minimum absolute atomic E-state index is 0.0292. The van der Waals surface area contributed by atoms with Gasteiger partial charge in [-0.3, -0.25) is 14.4 Å². The summed E-state index contributed by atoms with van der Waals surface area (Å²) in [5.74, 6) is -0.206. The van der Waals surface area contributed by atoms with Crippen molar-refractivity contribution in [1.29, 1.82) is 0 Å². The number of hydrogen-bond donors (Lipinski definition) is 1. The van der Waals surface area contributed by atoms with Gasteiger partial charge in [-0.15, -0.1) is 0 Å². The molecule has 3 aromatic rings. The van der Waals surface area contributed by atoms with E-state index in [9.17, 15) is 14.4 Å². The molecule has 6 nitrogen and oxygen atoms in total. The van der Waals surface area contributed by atoms with E-state index >= 15 is 0 Å². The first-order valence-electron chi connectivity index (χ1n) is 10.2. The Morgan fingerprint density at radius 2 is 1.63 bits per heavy atom. The molecule has 1 N–H and O–H groups in total. The van der Waals surface area contributed by atoms with Crippen LogP contribution >= 0.6 is 0 Å². The normalized spacial score (nSPS) is 14.7. The minimum Gasteiger partial charge on any atom is -0.349 e. The summed E-state index contributed by atoms with van der Waals surface area (Å²) in [4.78, 5) is 39.8. The van der Waals surface area contributed by atoms with E-state index in [0.29, 0.717) is 37.1 Å². The summed E-state index contributed by atoms with van der Waals surface area (Å²) >= 11 is 0. The predicted octanol–water partition coefficient (Wildman–Crippen LogP) is 2.88. The fourth-order valence-electron chi connectivity index (χ4n) is 4.08. The molecule has 6 heteroatoms. The van der Waals surface area contributed by atoms with Gasteiger partial charge in [0, 0.05) is 43.2 Å². The van der Waals surface area contributed by atoms with Crippen molar-refractivity contribution in [2.75, 3.05) is 13.1 Å². The Kier molecular flexibility index (Phi) is 5.40. The van der Waals surface area contributed by atoms with Gasteiger partial charge in [-0.2, -0.15) is 0 Å². The van der Waals surface area contributed by atoms with Crippen LogP contribution in [0.3, 0.4) is 0 Å². The van der Waals surface area contributed by atoms with Crippen molar-refractivity contribution in [3.8, 4) is 0 Å². The van der Waals surface area contributed by atoms with Crippen molar-refractivity contribution in [3.63, 3.8) is 0 Å². The molecule has 0 saturated carbocycles. The molecule has 2 amide bonds. The number of amides is 2. The number of pyridine rings is 1. The van der Waals surface area contributed by atoms with Gasteiger partial charge in [0.15, 0.2) is 0 Å². The van der Waals surface area contributed by atoms with Crippen molar-refractivity contribution in [2.24, 2.45) is 7.05 Å². The fourth-order valence-corrected chi connectivity index (χ4v) is 4.08. The summed E-state index contributed by atoms with van der Waals surface area (Å²) in [5.41, 5.74) is 2.62. The Balaban J connectivity index is 1.46. The molecule has 30 heavy (non-hydrogen) atoms. The molecule has 2 aromatic carbocycles. The number of likely N-dealkylation sites (tertiary alicyclic amines) is 1. The Bertz CT molecular complexity index is 1170. The molecule has 1 aliphatic rings. The first-order valence-corrected chi connectivity index (χ1v) is 10.2. The highest BCUT2D eigenvalue weighted by molar-refractivity contribution is 6.06. The zero-order chi connectivity index (χ0) is 21.3. The van der Waals surface area contributed by atoms with Gasteiger partial charge in [0.25, 0.3) is 17.4 Å². The highest BCUT2D eigenvalue weighted by Crippen LogP contribution is 2.20. The number of aryl methyl sites for hydroxylation is 2. The third-order valence-electron chi connectivity index (χ3n) is 5.89. The second-order valence-electron chi connectivity index (χ2n) is 7.83. The van der Waals surface area contributed by atoms with Crippen LogP contribution in [0.1, 0.15) is 39.1 Å². The lowest BCUT2D eigenvalue weighted by atomic mass is 10.0. The molecule has 0 aliphatic carbocycles. The standard InChI is InChI=1S/C24H25N3O3/c1-16-7-3-4-8-18(16)23(29)25-17-11-13-27(14-12-17)24(30)20-15-22(28)26(2)21-10-6-5-9-19(20)21/h3-10,15,17H,11-14H2,1-2H3,(H,25,29). The molecule has 2 heterocycles. The molecule has 0 spiro atoms. The van der Waals surface area contributed by atoms with Crippen molar-refractivity contribution in [1.82, 2.24) is 14.8 Å². The van der Waals surface area contributed by atoms with E-state index < -0.39 is 0 Å². The second-order valence-corrected chi connectivity index (χ2v) is 7.83. The van der Waals surface area contributed by atoms with Gasteiger partial charge in [0.2, 0.25) is 0 Å². The van der Waals surface area contributed by atoms with Crippen LogP contribution in [-0.4, -0.2) is 40.4 Å². The van der Waals surface area contributed by atoms with Gasteiger partial charge in [-0.05, 0) is 37.5 Å². The third kappa shape index (κ3) is 3.73. The topological polar surface area (TPSA) is 71.4 Å². The van der Waals surface area contributed by atoms with Crippen LogP contribution in [-0.2, 0) is 7.05 Å². The first-order chi connectivity index (χ1) is 14.5. The average molecular weight is 403 g/mol. The van der Waals surface area contributed by atoms with Gasteiger partial charge in [-0.25, -0.2) is 0 Å². The Hall–Kier alpha value is -3.41. The average Bonchev–Trinajstić information content (AvgIpc) is 2.76. The molecule has 1 fully saturated rings. The lowest BCUT2D eigenvalue weighted by Crippen LogP contribution is -2.46. The van der Waals surface area contributed by atoms with Crippen LogP contribution in [0.25, 0.3) is 10.9 Å². The van der Waals surface area contributed by atoms with Gasteiger partial charge >= 0.3 is 0 Å². The Morgan fingerprint density at radius 3 is 2.37 bits per heavy atom. The summed E-state index contributed by atoms with van der Waals surface area (Å²) in [5, 5.41) is 3.87. The number of para-hydroxylation sites is 1. The number of hydrogen-bond acceptors (Lipinski definition) is 3. The summed E-state index contributed by atoms with van der Waals surface area (Å²) in [7, 11) is 1.71. The van der Waals surface area contributed by atoms with Crippen LogP contribution < -0.4 is 10.9 Å². The van der Waals surface area contributed by atoms with Gasteiger partial charge in [-0.1, -0.05) is 36.4 Å². The van der Waals surface area contributed by atoms with E-state index in [1.807, 2.05) is 55.5 Å². The maximum Gasteiger partial charge on any atom is 0.254 e. The van der Waals surface area contributed by atoms with E-state index in [0.717, 1.165) is 16.5 Å². The fraction of sp³-hybridized carbons (Fsp3) is 0.292. The minimum atomic E-state index is -0.197. The SMILES string of the molecule is Cc1ccccc1C(=O)NC1CCN(C(=O)c2cc(=O)n(C)c3ccccc23)CC1. The number of carbonyl (C=O) groups is 2. The molecule has 1 aliphatic heterocycles. The largest absolute Gasteiger partial charge is 0.349 e. The molecular formula is C24H25N3O3. The molecule has 1 saturated heterocycles. The molecular weight excluding hydrogens is 378 g/mol. The summed E-state index contributed by atoms with van der Waals surface area (Å²) in [6, 6.07) is 16.4. The molecule has 4 rings (SSSR count). The molecule has 0 bridgehead atoms. The smallest absolute Gasteiger partial charge is 0.254 e. The van der Waals surface area contributed by atoms with Crippen LogP contribution in [0.15, 0.2) is 59.4 Å². The number of nitrogens with one attached hydrogen (secondary N) is 1. The monoisotopic (exact) mass is 403 g/mol. The highest BCUT2D eigenvalue weighted by Gasteiger charge is 2.26. The van der Waals surface area contributed by atoms with E-state index in [1.54, 1.807) is 16.5 Å². The van der Waals surface area contributed by atoms with E-state index in [-0.39, 0.29) is 23.4 Å². The van der Waals surface area contributed by atoms with Gasteiger partial charge < -0.3 is 14.8 Å². The zero-order valence-corrected chi connectivity index (χ0v) is 17.2. The Morgan fingerprint density at radius 1 is 0.967 bits per heavy atom. The maximum absolute atomic E-state index is 13.2. The van der Waals surface area contributed by atoms with Crippen LogP contribution in [0, 0.1) is 6.92 Å². The van der Waals surface area contributed by atoms with E-state index in [4.69, 9.17) is 0 Å². The molecule has 154 valence electrons. The number of fused-ring (bicyclic) bond motifs is 1. The van der Waals surface area contributed by atoms with Crippen molar-refractivity contribution in [3.05, 3.63) is 81.6 Å². The maximum atomic E-state index is 13.2. The Labute approximate surface area is 175 Å². The van der Waals surface area contributed by atoms with Crippen molar-refractivity contribution >= 4 is 22.7 Å². The molecule has 0 unspecified atom stereocenters. The van der Waals surface area contributed by atoms with Crippen molar-refractivity contribution in [2.45, 2.75) is 25.8 Å². The van der Waals surface area contributed by atoms with Crippen molar-refractivity contribution < 1.29 is 9.59 Å². The molecule has 0 radical (unpaired) electrons. The highest BCUT2D eigenvalue weighted by atomic mass is 16.2. The zero-order valence-electron chi connectivity index (χ0n) is 17.2.